The molecule has 6 nitrogen and oxygen atoms in total. The van der Waals surface area contributed by atoms with Crippen molar-refractivity contribution in [3.8, 4) is 5.88 Å². The molecule has 18 heavy (non-hydrogen) atoms. The topological polar surface area (TPSA) is 68.7 Å². The summed E-state index contributed by atoms with van der Waals surface area (Å²) in [7, 11) is 2.89. The first kappa shape index (κ1) is 14.5. The number of quaternary nitrogens is 1. The average molecular weight is 256 g/mol. The Kier molecular flexibility index (Phi) is 4.72. The molecular formula is C12H22N3O3+. The first-order valence-electron chi connectivity index (χ1n) is 6.25. The Morgan fingerprint density at radius 3 is 2.17 bits per heavy atom. The summed E-state index contributed by atoms with van der Waals surface area (Å²) in [5.74, 6) is -0.213. The smallest absolute Gasteiger partial charge is 0.333 e. The Hall–Kier alpha value is -1.56. The molecule has 0 saturated carbocycles. The predicted molar refractivity (Wildman–Crippen MR) is 69.2 cm³/mol. The van der Waals surface area contributed by atoms with Crippen LogP contribution in [-0.4, -0.2) is 33.9 Å². The van der Waals surface area contributed by atoms with Gasteiger partial charge in [0.1, 0.15) is 0 Å². The molecule has 0 atom stereocenters. The number of aromatic hydroxyl groups is 1. The first-order valence-corrected chi connectivity index (χ1v) is 6.25. The number of hydrogen-bond acceptors (Lipinski definition) is 3. The van der Waals surface area contributed by atoms with Crippen molar-refractivity contribution in [3.05, 3.63) is 26.4 Å². The van der Waals surface area contributed by atoms with Crippen molar-refractivity contribution < 1.29 is 10.0 Å². The van der Waals surface area contributed by atoms with Crippen LogP contribution in [0.15, 0.2) is 9.59 Å². The van der Waals surface area contributed by atoms with Gasteiger partial charge < -0.3 is 10.0 Å². The maximum absolute atomic E-state index is 11.9. The predicted octanol–water partition coefficient (Wildman–Crippen LogP) is -1.74. The summed E-state index contributed by atoms with van der Waals surface area (Å²) in [5.41, 5.74) is -0.586. The van der Waals surface area contributed by atoms with E-state index in [0.717, 1.165) is 28.8 Å². The third kappa shape index (κ3) is 2.64. The highest BCUT2D eigenvalue weighted by Gasteiger charge is 2.16. The molecule has 0 aliphatic heterocycles. The van der Waals surface area contributed by atoms with Gasteiger partial charge in [0.2, 0.25) is 5.88 Å². The average Bonchev–Trinajstić information content (AvgIpc) is 2.38. The molecule has 0 fully saturated rings. The maximum Gasteiger partial charge on any atom is 0.333 e. The molecule has 0 amide bonds. The summed E-state index contributed by atoms with van der Waals surface area (Å²) >= 11 is 0. The fourth-order valence-corrected chi connectivity index (χ4v) is 2.03. The van der Waals surface area contributed by atoms with Crippen LogP contribution in [0.2, 0.25) is 0 Å². The minimum Gasteiger partial charge on any atom is -0.494 e. The SMILES string of the molecule is CC[NH+](CC)CCc1c(O)n(C)c(=O)n(C)c1=O. The van der Waals surface area contributed by atoms with Crippen LogP contribution in [0, 0.1) is 0 Å². The second-order valence-electron chi connectivity index (χ2n) is 4.47. The summed E-state index contributed by atoms with van der Waals surface area (Å²) < 4.78 is 2.14. The fraction of sp³-hybridized carbons (Fsp3) is 0.667. The standard InChI is InChI=1S/C12H21N3O3/c1-5-15(6-2)8-7-9-10(16)13(3)12(18)14(4)11(9)17/h16H,5-8H2,1-4H3/p+1. The van der Waals surface area contributed by atoms with Gasteiger partial charge >= 0.3 is 5.69 Å². The molecule has 0 aliphatic rings. The maximum atomic E-state index is 11.9. The van der Waals surface area contributed by atoms with E-state index in [-0.39, 0.29) is 5.88 Å². The van der Waals surface area contributed by atoms with Crippen molar-refractivity contribution in [1.82, 2.24) is 9.13 Å². The molecule has 1 aromatic heterocycles. The molecule has 1 aromatic rings. The van der Waals surface area contributed by atoms with Gasteiger partial charge in [-0.3, -0.25) is 13.9 Å². The summed E-state index contributed by atoms with van der Waals surface area (Å²) in [6.45, 7) is 6.88. The summed E-state index contributed by atoms with van der Waals surface area (Å²) in [4.78, 5) is 24.9. The van der Waals surface area contributed by atoms with Crippen LogP contribution in [0.1, 0.15) is 19.4 Å². The summed E-state index contributed by atoms with van der Waals surface area (Å²) in [6, 6.07) is 0. The Balaban J connectivity index is 3.11. The van der Waals surface area contributed by atoms with Gasteiger partial charge in [-0.15, -0.1) is 0 Å². The Morgan fingerprint density at radius 1 is 1.11 bits per heavy atom. The van der Waals surface area contributed by atoms with Crippen LogP contribution in [0.5, 0.6) is 5.88 Å². The first-order chi connectivity index (χ1) is 8.43. The zero-order valence-corrected chi connectivity index (χ0v) is 11.5. The van der Waals surface area contributed by atoms with Crippen molar-refractivity contribution in [2.75, 3.05) is 19.6 Å². The molecule has 0 unspecified atom stereocenters. The highest BCUT2D eigenvalue weighted by Crippen LogP contribution is 2.08. The molecule has 6 heteroatoms. The third-order valence-corrected chi connectivity index (χ3v) is 3.45. The molecule has 0 saturated heterocycles. The highest BCUT2D eigenvalue weighted by molar-refractivity contribution is 5.22. The highest BCUT2D eigenvalue weighted by atomic mass is 16.3. The van der Waals surface area contributed by atoms with E-state index < -0.39 is 11.2 Å². The van der Waals surface area contributed by atoms with E-state index in [0.29, 0.717) is 12.0 Å². The Morgan fingerprint density at radius 2 is 1.67 bits per heavy atom. The Bertz CT molecular complexity index is 527. The monoisotopic (exact) mass is 256 g/mol. The van der Waals surface area contributed by atoms with Crippen molar-refractivity contribution in [2.24, 2.45) is 14.1 Å². The normalized spacial score (nSPS) is 11.2. The molecule has 2 N–H and O–H groups in total. The van der Waals surface area contributed by atoms with Gasteiger partial charge in [0.15, 0.2) is 0 Å². The van der Waals surface area contributed by atoms with E-state index in [1.807, 2.05) is 0 Å². The second kappa shape index (κ2) is 5.86. The summed E-state index contributed by atoms with van der Waals surface area (Å²) in [5, 5.41) is 9.88. The van der Waals surface area contributed by atoms with Crippen LogP contribution in [0.25, 0.3) is 0 Å². The van der Waals surface area contributed by atoms with Crippen molar-refractivity contribution >= 4 is 0 Å². The third-order valence-electron chi connectivity index (χ3n) is 3.45. The van der Waals surface area contributed by atoms with Gasteiger partial charge in [-0.05, 0) is 13.8 Å². The van der Waals surface area contributed by atoms with E-state index in [1.165, 1.54) is 19.0 Å². The molecule has 1 heterocycles. The largest absolute Gasteiger partial charge is 0.494 e. The van der Waals surface area contributed by atoms with Gasteiger partial charge in [0, 0.05) is 20.5 Å². The lowest BCUT2D eigenvalue weighted by Gasteiger charge is -2.16. The van der Waals surface area contributed by atoms with E-state index in [2.05, 4.69) is 13.8 Å². The lowest BCUT2D eigenvalue weighted by atomic mass is 10.2. The molecule has 102 valence electrons. The van der Waals surface area contributed by atoms with Gasteiger partial charge in [-0.1, -0.05) is 0 Å². The molecule has 0 aliphatic carbocycles. The van der Waals surface area contributed by atoms with Crippen molar-refractivity contribution in [1.29, 1.82) is 0 Å². The van der Waals surface area contributed by atoms with E-state index in [9.17, 15) is 14.7 Å². The Labute approximate surface area is 106 Å². The van der Waals surface area contributed by atoms with Crippen LogP contribution >= 0.6 is 0 Å². The molecule has 1 rings (SSSR count). The van der Waals surface area contributed by atoms with Gasteiger partial charge in [-0.2, -0.15) is 0 Å². The van der Waals surface area contributed by atoms with Crippen molar-refractivity contribution in [2.45, 2.75) is 20.3 Å². The number of hydrogen-bond donors (Lipinski definition) is 2. The minimum absolute atomic E-state index is 0.213. The molecule has 0 aromatic carbocycles. The van der Waals surface area contributed by atoms with Crippen LogP contribution in [0.3, 0.4) is 0 Å². The quantitative estimate of drug-likeness (QED) is 0.657. The van der Waals surface area contributed by atoms with Gasteiger partial charge in [0.25, 0.3) is 5.56 Å². The van der Waals surface area contributed by atoms with Crippen molar-refractivity contribution in [3.63, 3.8) is 0 Å². The molecule has 0 bridgehead atoms. The van der Waals surface area contributed by atoms with Crippen LogP contribution < -0.4 is 16.1 Å². The van der Waals surface area contributed by atoms with Crippen LogP contribution in [0.4, 0.5) is 0 Å². The lowest BCUT2D eigenvalue weighted by molar-refractivity contribution is -0.896. The molecule has 0 radical (unpaired) electrons. The minimum atomic E-state index is -0.503. The number of rotatable bonds is 5. The zero-order chi connectivity index (χ0) is 13.9. The van der Waals surface area contributed by atoms with Gasteiger partial charge in [0.05, 0.1) is 25.2 Å². The fourth-order valence-electron chi connectivity index (χ4n) is 2.03. The number of aromatic nitrogens is 2. The van der Waals surface area contributed by atoms with Crippen LogP contribution in [-0.2, 0) is 20.5 Å². The summed E-state index contributed by atoms with van der Waals surface area (Å²) in [6.07, 6.45) is 0.476. The van der Waals surface area contributed by atoms with E-state index in [4.69, 9.17) is 0 Å². The second-order valence-corrected chi connectivity index (χ2v) is 4.47. The number of nitrogens with zero attached hydrogens (tertiary/aromatic N) is 2. The van der Waals surface area contributed by atoms with Gasteiger partial charge in [-0.25, -0.2) is 4.79 Å². The lowest BCUT2D eigenvalue weighted by Crippen LogP contribution is -3.11. The molecular weight excluding hydrogens is 234 g/mol. The van der Waals surface area contributed by atoms with E-state index in [1.54, 1.807) is 0 Å². The van der Waals surface area contributed by atoms with E-state index >= 15 is 0 Å². The number of likely N-dealkylation sites (N-methyl/N-ethyl adjacent to an activating group) is 1. The number of nitrogens with one attached hydrogen (secondary N) is 1. The zero-order valence-electron chi connectivity index (χ0n) is 11.5. The molecule has 0 spiro atoms.